The zero-order valence-electron chi connectivity index (χ0n) is 24.1. The van der Waals surface area contributed by atoms with Gasteiger partial charge in [0.05, 0.1) is 22.5 Å². The van der Waals surface area contributed by atoms with Crippen LogP contribution in [0.1, 0.15) is 39.6 Å². The van der Waals surface area contributed by atoms with Gasteiger partial charge < -0.3 is 5.11 Å². The van der Waals surface area contributed by atoms with Gasteiger partial charge >= 0.3 is 5.97 Å². The Morgan fingerprint density at radius 3 is 2.33 bits per heavy atom. The fourth-order valence-electron chi connectivity index (χ4n) is 4.74. The van der Waals surface area contributed by atoms with Crippen LogP contribution in [0.15, 0.2) is 108 Å². The first-order valence-corrected chi connectivity index (χ1v) is 17.4. The van der Waals surface area contributed by atoms with Gasteiger partial charge in [0.25, 0.3) is 0 Å². The van der Waals surface area contributed by atoms with Crippen LogP contribution in [0.3, 0.4) is 0 Å². The predicted molar refractivity (Wildman–Crippen MR) is 185 cm³/mol. The van der Waals surface area contributed by atoms with Gasteiger partial charge in [0, 0.05) is 33.0 Å². The molecule has 230 valence electrons. The number of aliphatic carboxylic acids is 1. The molecule has 45 heavy (non-hydrogen) atoms. The number of nitrogens with one attached hydrogen (secondary N) is 1. The van der Waals surface area contributed by atoms with Gasteiger partial charge in [0.1, 0.15) is 0 Å². The van der Waals surface area contributed by atoms with Crippen LogP contribution in [-0.4, -0.2) is 31.0 Å². The van der Waals surface area contributed by atoms with Gasteiger partial charge in [-0.1, -0.05) is 89.9 Å². The Labute approximate surface area is 277 Å². The number of carboxylic acid groups (broad SMARTS) is 1. The van der Waals surface area contributed by atoms with E-state index in [0.29, 0.717) is 22.2 Å². The van der Waals surface area contributed by atoms with E-state index >= 15 is 0 Å². The van der Waals surface area contributed by atoms with Crippen molar-refractivity contribution >= 4 is 74.0 Å². The Balaban J connectivity index is 1.33. The van der Waals surface area contributed by atoms with Crippen LogP contribution in [0.25, 0.3) is 23.1 Å². The summed E-state index contributed by atoms with van der Waals surface area (Å²) >= 11 is 13.8. The number of aromatic nitrogens is 1. The topological polar surface area (TPSA) is 96.4 Å². The third-order valence-corrected chi connectivity index (χ3v) is 10.4. The van der Waals surface area contributed by atoms with Crippen LogP contribution in [0, 0.1) is 0 Å². The van der Waals surface area contributed by atoms with Crippen molar-refractivity contribution in [1.29, 1.82) is 0 Å². The largest absolute Gasteiger partial charge is 0.481 e. The van der Waals surface area contributed by atoms with Crippen molar-refractivity contribution in [3.63, 3.8) is 0 Å². The highest BCUT2D eigenvalue weighted by Gasteiger charge is 2.17. The molecule has 4 aromatic carbocycles. The lowest BCUT2D eigenvalue weighted by atomic mass is 10.1. The molecule has 1 atom stereocenters. The first-order chi connectivity index (χ1) is 21.6. The van der Waals surface area contributed by atoms with E-state index in [1.807, 2.05) is 78.9 Å². The quantitative estimate of drug-likeness (QED) is 0.130. The maximum Gasteiger partial charge on any atom is 0.307 e. The van der Waals surface area contributed by atoms with Crippen LogP contribution >= 0.6 is 35.0 Å². The van der Waals surface area contributed by atoms with Crippen molar-refractivity contribution in [2.45, 2.75) is 28.7 Å². The molecule has 1 aromatic heterocycles. The van der Waals surface area contributed by atoms with E-state index in [-0.39, 0.29) is 23.1 Å². The highest BCUT2D eigenvalue weighted by atomic mass is 35.5. The van der Waals surface area contributed by atoms with Crippen molar-refractivity contribution in [1.82, 2.24) is 9.71 Å². The van der Waals surface area contributed by atoms with Gasteiger partial charge in [-0.25, -0.2) is 18.1 Å². The molecule has 5 rings (SSSR count). The number of carboxylic acids is 1. The normalized spacial score (nSPS) is 12.5. The number of sulfonamides is 1. The van der Waals surface area contributed by atoms with E-state index in [4.69, 9.17) is 33.3 Å². The molecule has 5 aromatic rings. The number of thioether (sulfide) groups is 1. The Bertz CT molecular complexity index is 1930. The molecule has 0 saturated carbocycles. The molecule has 2 N–H and O–H groups in total. The molecule has 0 aliphatic carbocycles. The lowest BCUT2D eigenvalue weighted by Gasteiger charge is -2.18. The summed E-state index contributed by atoms with van der Waals surface area (Å²) in [6, 6.07) is 31.4. The SMILES string of the molecule is O=C(O)Cc1ccc(CSC(CCNS(=O)(=O)c2ccc(Cl)cc2)c2cccc(/C=C/c3ccc4ccc(Cl)cc4n3)c2)cc1. The van der Waals surface area contributed by atoms with Crippen molar-refractivity contribution < 1.29 is 18.3 Å². The van der Waals surface area contributed by atoms with E-state index in [1.165, 1.54) is 12.1 Å². The van der Waals surface area contributed by atoms with Gasteiger partial charge in [-0.05, 0) is 77.2 Å². The summed E-state index contributed by atoms with van der Waals surface area (Å²) in [6.45, 7) is 0.240. The summed E-state index contributed by atoms with van der Waals surface area (Å²) in [5, 5.41) is 11.2. The molecule has 0 fully saturated rings. The second-order valence-corrected chi connectivity index (χ2v) is 14.2. The van der Waals surface area contributed by atoms with Crippen molar-refractivity contribution in [2.75, 3.05) is 6.54 Å². The standard InChI is InChI=1S/C35H30Cl2N2O4S2/c36-29-12-16-32(17-13-29)45(42,43)38-19-18-34(44-23-26-6-4-25(5-7-26)21-35(40)41)28-3-1-2-24(20-28)8-14-31-15-10-27-9-11-30(37)22-33(27)39-31/h1-17,20,22,34,38H,18-19,21,23H2,(H,40,41)/b14-8+. The molecule has 6 nitrogen and oxygen atoms in total. The highest BCUT2D eigenvalue weighted by Crippen LogP contribution is 2.35. The minimum absolute atomic E-state index is 0.0212. The molecule has 0 spiro atoms. The van der Waals surface area contributed by atoms with Crippen molar-refractivity contribution in [3.05, 3.63) is 141 Å². The average Bonchev–Trinajstić information content (AvgIpc) is 3.02. The third-order valence-electron chi connectivity index (χ3n) is 7.06. The minimum atomic E-state index is -3.69. The number of carbonyl (C=O) groups is 1. The van der Waals surface area contributed by atoms with Gasteiger partial charge in [0.15, 0.2) is 0 Å². The van der Waals surface area contributed by atoms with E-state index in [9.17, 15) is 13.2 Å². The number of benzene rings is 4. The van der Waals surface area contributed by atoms with Crippen LogP contribution in [-0.2, 0) is 27.0 Å². The van der Waals surface area contributed by atoms with E-state index in [0.717, 1.165) is 38.9 Å². The summed E-state index contributed by atoms with van der Waals surface area (Å²) in [4.78, 5) is 15.9. The van der Waals surface area contributed by atoms with E-state index in [1.54, 1.807) is 23.9 Å². The number of hydrogen-bond acceptors (Lipinski definition) is 5. The van der Waals surface area contributed by atoms with Crippen LogP contribution in [0.5, 0.6) is 0 Å². The Morgan fingerprint density at radius 2 is 1.58 bits per heavy atom. The predicted octanol–water partition coefficient (Wildman–Crippen LogP) is 8.68. The molecular weight excluding hydrogens is 647 g/mol. The first kappa shape index (κ1) is 32.7. The molecule has 0 aliphatic rings. The van der Waals surface area contributed by atoms with Crippen LogP contribution in [0.2, 0.25) is 10.0 Å². The number of halogens is 2. The summed E-state index contributed by atoms with van der Waals surface area (Å²) in [5.74, 6) is -0.195. The van der Waals surface area contributed by atoms with Gasteiger partial charge in [-0.15, -0.1) is 11.8 Å². The molecule has 1 unspecified atom stereocenters. The van der Waals surface area contributed by atoms with E-state index < -0.39 is 16.0 Å². The monoisotopic (exact) mass is 676 g/mol. The zero-order chi connectivity index (χ0) is 31.8. The van der Waals surface area contributed by atoms with E-state index in [2.05, 4.69) is 16.9 Å². The molecule has 0 amide bonds. The molecule has 0 saturated heterocycles. The molecule has 0 radical (unpaired) electrons. The fourth-order valence-corrected chi connectivity index (χ4v) is 7.29. The van der Waals surface area contributed by atoms with Crippen LogP contribution in [0.4, 0.5) is 0 Å². The number of hydrogen-bond donors (Lipinski definition) is 2. The lowest BCUT2D eigenvalue weighted by molar-refractivity contribution is -0.136. The van der Waals surface area contributed by atoms with Crippen molar-refractivity contribution in [2.24, 2.45) is 0 Å². The number of pyridine rings is 1. The first-order valence-electron chi connectivity index (χ1n) is 14.2. The Hall–Kier alpha value is -3.66. The van der Waals surface area contributed by atoms with Gasteiger partial charge in [-0.2, -0.15) is 0 Å². The minimum Gasteiger partial charge on any atom is -0.481 e. The number of nitrogens with zero attached hydrogens (tertiary/aromatic N) is 1. The summed E-state index contributed by atoms with van der Waals surface area (Å²) in [7, 11) is -3.69. The highest BCUT2D eigenvalue weighted by molar-refractivity contribution is 7.98. The Morgan fingerprint density at radius 1 is 0.867 bits per heavy atom. The molecule has 0 aliphatic heterocycles. The van der Waals surface area contributed by atoms with Crippen molar-refractivity contribution in [3.8, 4) is 0 Å². The molecule has 10 heteroatoms. The maximum atomic E-state index is 12.9. The fraction of sp³-hybridized carbons (Fsp3) is 0.143. The summed E-state index contributed by atoms with van der Waals surface area (Å²) < 4.78 is 28.5. The smallest absolute Gasteiger partial charge is 0.307 e. The van der Waals surface area contributed by atoms with Gasteiger partial charge in [0.2, 0.25) is 10.0 Å². The average molecular weight is 678 g/mol. The Kier molecular flexibility index (Phi) is 11.0. The third kappa shape index (κ3) is 9.42. The summed E-state index contributed by atoms with van der Waals surface area (Å²) in [6.07, 6.45) is 4.50. The van der Waals surface area contributed by atoms with Gasteiger partial charge in [-0.3, -0.25) is 4.79 Å². The number of rotatable bonds is 13. The number of fused-ring (bicyclic) bond motifs is 1. The zero-order valence-corrected chi connectivity index (χ0v) is 27.2. The summed E-state index contributed by atoms with van der Waals surface area (Å²) in [5.41, 5.74) is 5.49. The second kappa shape index (κ2) is 15.1. The second-order valence-electron chi connectivity index (χ2n) is 10.4. The van der Waals surface area contributed by atoms with Crippen LogP contribution < -0.4 is 4.72 Å². The molecular formula is C35H30Cl2N2O4S2. The maximum absolute atomic E-state index is 12.9. The lowest BCUT2D eigenvalue weighted by Crippen LogP contribution is -2.25. The molecule has 0 bridgehead atoms. The molecule has 1 heterocycles.